The Morgan fingerprint density at radius 1 is 1.47 bits per heavy atom. The van der Waals surface area contributed by atoms with E-state index in [0.717, 1.165) is 12.8 Å². The minimum atomic E-state index is -0.164. The average Bonchev–Trinajstić information content (AvgIpc) is 2.74. The van der Waals surface area contributed by atoms with Crippen molar-refractivity contribution in [3.63, 3.8) is 0 Å². The van der Waals surface area contributed by atoms with Crippen LogP contribution in [0.2, 0.25) is 0 Å². The fourth-order valence-corrected chi connectivity index (χ4v) is 1.36. The lowest BCUT2D eigenvalue weighted by atomic mass is 10.2. The molecule has 0 radical (unpaired) electrons. The van der Waals surface area contributed by atoms with E-state index < -0.39 is 0 Å². The molecule has 3 N–H and O–H groups in total. The lowest BCUT2D eigenvalue weighted by molar-refractivity contribution is 0.0905. The summed E-state index contributed by atoms with van der Waals surface area (Å²) in [6.45, 7) is 4.40. The van der Waals surface area contributed by atoms with E-state index in [9.17, 15) is 4.79 Å². The molecular weight excluding hydrogens is 192 g/mol. The van der Waals surface area contributed by atoms with Crippen LogP contribution in [0.25, 0.3) is 0 Å². The maximum atomic E-state index is 11.7. The van der Waals surface area contributed by atoms with Gasteiger partial charge in [0.1, 0.15) is 5.76 Å². The molecule has 4 heteroatoms. The van der Waals surface area contributed by atoms with Crippen LogP contribution in [0.3, 0.4) is 0 Å². The van der Waals surface area contributed by atoms with E-state index in [1.807, 2.05) is 13.8 Å². The number of carbonyl (C=O) groups excluding carboxylic acids is 1. The second-order valence-electron chi connectivity index (χ2n) is 3.46. The summed E-state index contributed by atoms with van der Waals surface area (Å²) in [6, 6.07) is 3.59. The first kappa shape index (κ1) is 11.8. The van der Waals surface area contributed by atoms with E-state index in [0.29, 0.717) is 18.1 Å². The third-order valence-corrected chi connectivity index (χ3v) is 2.41. The van der Waals surface area contributed by atoms with Gasteiger partial charge in [0.25, 0.3) is 5.91 Å². The van der Waals surface area contributed by atoms with Gasteiger partial charge in [-0.15, -0.1) is 0 Å². The van der Waals surface area contributed by atoms with Crippen molar-refractivity contribution in [3.8, 4) is 0 Å². The Morgan fingerprint density at radius 3 is 2.60 bits per heavy atom. The van der Waals surface area contributed by atoms with Crippen molar-refractivity contribution in [2.24, 2.45) is 5.73 Å². The summed E-state index contributed by atoms with van der Waals surface area (Å²) in [5, 5.41) is 2.90. The normalized spacial score (nSPS) is 10.7. The third-order valence-electron chi connectivity index (χ3n) is 2.41. The number of carbonyl (C=O) groups is 1. The van der Waals surface area contributed by atoms with Gasteiger partial charge in [-0.2, -0.15) is 0 Å². The zero-order valence-corrected chi connectivity index (χ0v) is 9.25. The Morgan fingerprint density at radius 2 is 2.13 bits per heavy atom. The molecular formula is C11H18N2O2. The van der Waals surface area contributed by atoms with Gasteiger partial charge in [0.05, 0.1) is 6.54 Å². The molecule has 1 aromatic heterocycles. The summed E-state index contributed by atoms with van der Waals surface area (Å²) in [5.74, 6) is 0.801. The van der Waals surface area contributed by atoms with E-state index in [1.165, 1.54) is 0 Å². The van der Waals surface area contributed by atoms with Gasteiger partial charge in [0.2, 0.25) is 0 Å². The molecule has 0 unspecified atom stereocenters. The van der Waals surface area contributed by atoms with Crippen molar-refractivity contribution in [1.29, 1.82) is 0 Å². The summed E-state index contributed by atoms with van der Waals surface area (Å²) in [7, 11) is 0. The van der Waals surface area contributed by atoms with Crippen LogP contribution < -0.4 is 11.1 Å². The molecule has 0 bridgehead atoms. The fourth-order valence-electron chi connectivity index (χ4n) is 1.36. The molecule has 0 aliphatic rings. The number of furan rings is 1. The van der Waals surface area contributed by atoms with Crippen LogP contribution >= 0.6 is 0 Å². The zero-order chi connectivity index (χ0) is 11.3. The number of hydrogen-bond acceptors (Lipinski definition) is 3. The quantitative estimate of drug-likeness (QED) is 0.776. The topological polar surface area (TPSA) is 68.3 Å². The predicted molar refractivity (Wildman–Crippen MR) is 58.4 cm³/mol. The van der Waals surface area contributed by atoms with Crippen LogP contribution in [0.15, 0.2) is 16.5 Å². The minimum absolute atomic E-state index is 0.164. The molecule has 84 valence electrons. The molecule has 15 heavy (non-hydrogen) atoms. The van der Waals surface area contributed by atoms with Gasteiger partial charge in [-0.3, -0.25) is 4.79 Å². The Balaban J connectivity index is 2.60. The average molecular weight is 210 g/mol. The van der Waals surface area contributed by atoms with Gasteiger partial charge in [0, 0.05) is 6.04 Å². The highest BCUT2D eigenvalue weighted by Gasteiger charge is 2.13. The summed E-state index contributed by atoms with van der Waals surface area (Å²) in [4.78, 5) is 11.7. The van der Waals surface area contributed by atoms with Gasteiger partial charge in [-0.05, 0) is 25.0 Å². The van der Waals surface area contributed by atoms with Crippen LogP contribution in [-0.2, 0) is 6.54 Å². The zero-order valence-electron chi connectivity index (χ0n) is 9.25. The van der Waals surface area contributed by atoms with Crippen LogP contribution in [0.1, 0.15) is 43.0 Å². The van der Waals surface area contributed by atoms with Gasteiger partial charge in [0.15, 0.2) is 5.76 Å². The van der Waals surface area contributed by atoms with Gasteiger partial charge in [-0.1, -0.05) is 13.8 Å². The van der Waals surface area contributed by atoms with E-state index in [1.54, 1.807) is 12.1 Å². The molecule has 0 aromatic carbocycles. The van der Waals surface area contributed by atoms with Crippen LogP contribution in [0.5, 0.6) is 0 Å². The third kappa shape index (κ3) is 3.09. The van der Waals surface area contributed by atoms with E-state index >= 15 is 0 Å². The second-order valence-corrected chi connectivity index (χ2v) is 3.46. The van der Waals surface area contributed by atoms with Crippen molar-refractivity contribution in [2.75, 3.05) is 0 Å². The molecule has 1 rings (SSSR count). The Bertz CT molecular complexity index is 316. The van der Waals surface area contributed by atoms with Gasteiger partial charge in [-0.25, -0.2) is 0 Å². The maximum Gasteiger partial charge on any atom is 0.287 e. The van der Waals surface area contributed by atoms with Crippen molar-refractivity contribution in [2.45, 2.75) is 39.3 Å². The number of nitrogens with two attached hydrogens (primary N) is 1. The number of nitrogens with one attached hydrogen (secondary N) is 1. The standard InChI is InChI=1S/C11H18N2O2/c1-3-8(4-2)13-11(14)10-6-5-9(7-12)15-10/h5-6,8H,3-4,7,12H2,1-2H3,(H,13,14). The Labute approximate surface area is 89.8 Å². The molecule has 0 saturated heterocycles. The molecule has 1 amide bonds. The van der Waals surface area contributed by atoms with Crippen molar-refractivity contribution >= 4 is 5.91 Å². The molecule has 0 atom stereocenters. The van der Waals surface area contributed by atoms with Gasteiger partial charge < -0.3 is 15.5 Å². The Hall–Kier alpha value is -1.29. The van der Waals surface area contributed by atoms with Crippen LogP contribution in [0.4, 0.5) is 0 Å². The summed E-state index contributed by atoms with van der Waals surface area (Å²) < 4.78 is 5.25. The first-order valence-corrected chi connectivity index (χ1v) is 5.30. The second kappa shape index (κ2) is 5.56. The highest BCUT2D eigenvalue weighted by molar-refractivity contribution is 5.91. The van der Waals surface area contributed by atoms with Crippen LogP contribution in [-0.4, -0.2) is 11.9 Å². The highest BCUT2D eigenvalue weighted by Crippen LogP contribution is 2.08. The lowest BCUT2D eigenvalue weighted by Crippen LogP contribution is -2.33. The van der Waals surface area contributed by atoms with Crippen LogP contribution in [0, 0.1) is 0 Å². The lowest BCUT2D eigenvalue weighted by Gasteiger charge is -2.13. The van der Waals surface area contributed by atoms with Crippen molar-refractivity contribution < 1.29 is 9.21 Å². The monoisotopic (exact) mass is 210 g/mol. The largest absolute Gasteiger partial charge is 0.455 e. The SMILES string of the molecule is CCC(CC)NC(=O)c1ccc(CN)o1. The molecule has 0 spiro atoms. The van der Waals surface area contributed by atoms with E-state index in [2.05, 4.69) is 5.32 Å². The maximum absolute atomic E-state index is 11.7. The molecule has 0 aliphatic carbocycles. The van der Waals surface area contributed by atoms with Crippen molar-refractivity contribution in [3.05, 3.63) is 23.7 Å². The van der Waals surface area contributed by atoms with Gasteiger partial charge >= 0.3 is 0 Å². The van der Waals surface area contributed by atoms with E-state index in [4.69, 9.17) is 10.2 Å². The summed E-state index contributed by atoms with van der Waals surface area (Å²) >= 11 is 0. The van der Waals surface area contributed by atoms with Crippen molar-refractivity contribution in [1.82, 2.24) is 5.32 Å². The molecule has 0 aliphatic heterocycles. The first-order valence-electron chi connectivity index (χ1n) is 5.30. The molecule has 1 heterocycles. The minimum Gasteiger partial charge on any atom is -0.455 e. The summed E-state index contributed by atoms with van der Waals surface area (Å²) in [6.07, 6.45) is 1.85. The van der Waals surface area contributed by atoms with E-state index in [-0.39, 0.29) is 11.9 Å². The molecule has 4 nitrogen and oxygen atoms in total. The summed E-state index contributed by atoms with van der Waals surface area (Å²) in [5.41, 5.74) is 5.39. The Kier molecular flexibility index (Phi) is 4.37. The fraction of sp³-hybridized carbons (Fsp3) is 0.545. The highest BCUT2D eigenvalue weighted by atomic mass is 16.4. The number of hydrogen-bond donors (Lipinski definition) is 2. The molecule has 0 fully saturated rings. The first-order chi connectivity index (χ1) is 7.21. The predicted octanol–water partition coefficient (Wildman–Crippen LogP) is 1.66. The molecule has 1 aromatic rings. The smallest absolute Gasteiger partial charge is 0.287 e. The molecule has 0 saturated carbocycles. The number of rotatable bonds is 5. The number of amides is 1.